The molecular formula is C13H9BrN2S. The Morgan fingerprint density at radius 1 is 1.12 bits per heavy atom. The first-order valence-electron chi connectivity index (χ1n) is 4.92. The number of nitrogen functional groups attached to an aromatic ring is 1. The van der Waals surface area contributed by atoms with E-state index in [4.69, 9.17) is 11.0 Å². The Bertz CT molecular complexity index is 573. The van der Waals surface area contributed by atoms with Crippen molar-refractivity contribution in [3.05, 3.63) is 52.5 Å². The van der Waals surface area contributed by atoms with Gasteiger partial charge in [-0.3, -0.25) is 0 Å². The maximum atomic E-state index is 8.78. The second-order valence-electron chi connectivity index (χ2n) is 3.43. The van der Waals surface area contributed by atoms with Crippen LogP contribution in [0.3, 0.4) is 0 Å². The van der Waals surface area contributed by atoms with Crippen LogP contribution in [0.1, 0.15) is 5.56 Å². The van der Waals surface area contributed by atoms with Crippen molar-refractivity contribution >= 4 is 33.4 Å². The van der Waals surface area contributed by atoms with E-state index in [1.54, 1.807) is 11.8 Å². The number of hydrogen-bond acceptors (Lipinski definition) is 3. The molecule has 0 amide bonds. The third-order valence-corrected chi connectivity index (χ3v) is 4.17. The van der Waals surface area contributed by atoms with E-state index in [1.165, 1.54) is 0 Å². The molecule has 0 radical (unpaired) electrons. The lowest BCUT2D eigenvalue weighted by Crippen LogP contribution is -1.83. The number of anilines is 1. The molecule has 0 unspecified atom stereocenters. The summed E-state index contributed by atoms with van der Waals surface area (Å²) in [6.07, 6.45) is 0. The molecule has 84 valence electrons. The standard InChI is InChI=1S/C13H9BrN2S/c14-12-7-9(8-15)1-6-13(12)17-11-4-2-10(16)3-5-11/h1-7H,16H2. The maximum Gasteiger partial charge on any atom is 0.0992 e. The van der Waals surface area contributed by atoms with Gasteiger partial charge in [0, 0.05) is 20.0 Å². The van der Waals surface area contributed by atoms with Crippen LogP contribution >= 0.6 is 27.7 Å². The van der Waals surface area contributed by atoms with Crippen molar-refractivity contribution in [2.45, 2.75) is 9.79 Å². The van der Waals surface area contributed by atoms with E-state index in [-0.39, 0.29) is 0 Å². The lowest BCUT2D eigenvalue weighted by molar-refractivity contribution is 1.35. The number of hydrogen-bond donors (Lipinski definition) is 1. The van der Waals surface area contributed by atoms with Crippen molar-refractivity contribution in [1.82, 2.24) is 0 Å². The predicted molar refractivity (Wildman–Crippen MR) is 73.8 cm³/mol. The van der Waals surface area contributed by atoms with Crippen LogP contribution in [0.5, 0.6) is 0 Å². The quantitative estimate of drug-likeness (QED) is 0.851. The van der Waals surface area contributed by atoms with Crippen LogP contribution < -0.4 is 5.73 Å². The molecule has 0 aliphatic rings. The summed E-state index contributed by atoms with van der Waals surface area (Å²) in [6.45, 7) is 0. The summed E-state index contributed by atoms with van der Waals surface area (Å²) in [5.74, 6) is 0. The van der Waals surface area contributed by atoms with Crippen molar-refractivity contribution < 1.29 is 0 Å². The summed E-state index contributed by atoms with van der Waals surface area (Å²) in [6, 6.07) is 15.4. The van der Waals surface area contributed by atoms with Gasteiger partial charge in [0.1, 0.15) is 0 Å². The molecule has 0 aliphatic heterocycles. The van der Waals surface area contributed by atoms with Crippen LogP contribution in [-0.2, 0) is 0 Å². The molecule has 0 spiro atoms. The monoisotopic (exact) mass is 304 g/mol. The zero-order valence-electron chi connectivity index (χ0n) is 8.85. The molecule has 0 heterocycles. The minimum Gasteiger partial charge on any atom is -0.399 e. The van der Waals surface area contributed by atoms with Crippen LogP contribution in [0.2, 0.25) is 0 Å². The average molecular weight is 305 g/mol. The van der Waals surface area contributed by atoms with Crippen LogP contribution in [-0.4, -0.2) is 0 Å². The predicted octanol–water partition coefficient (Wildman–Crippen LogP) is 4.05. The van der Waals surface area contributed by atoms with Gasteiger partial charge in [0.05, 0.1) is 11.6 Å². The van der Waals surface area contributed by atoms with Crippen LogP contribution in [0.25, 0.3) is 0 Å². The van der Waals surface area contributed by atoms with Gasteiger partial charge in [-0.15, -0.1) is 0 Å². The number of rotatable bonds is 2. The molecule has 0 aromatic heterocycles. The Balaban J connectivity index is 2.25. The summed E-state index contributed by atoms with van der Waals surface area (Å²) < 4.78 is 0.929. The minimum absolute atomic E-state index is 0.651. The van der Waals surface area contributed by atoms with E-state index in [0.717, 1.165) is 20.0 Å². The number of nitrogens with zero attached hydrogens (tertiary/aromatic N) is 1. The van der Waals surface area contributed by atoms with Crippen LogP contribution in [0, 0.1) is 11.3 Å². The van der Waals surface area contributed by atoms with Crippen molar-refractivity contribution in [2.24, 2.45) is 0 Å². The van der Waals surface area contributed by atoms with Gasteiger partial charge in [0.25, 0.3) is 0 Å². The Labute approximate surface area is 113 Å². The molecule has 0 aliphatic carbocycles. The Kier molecular flexibility index (Phi) is 3.72. The number of nitrogens with two attached hydrogens (primary N) is 1. The summed E-state index contributed by atoms with van der Waals surface area (Å²) in [4.78, 5) is 2.19. The van der Waals surface area contributed by atoms with Crippen LogP contribution in [0.15, 0.2) is 56.7 Å². The highest BCUT2D eigenvalue weighted by Gasteiger charge is 2.03. The van der Waals surface area contributed by atoms with Gasteiger partial charge < -0.3 is 5.73 Å². The Morgan fingerprint density at radius 2 is 1.82 bits per heavy atom. The first-order chi connectivity index (χ1) is 8.19. The fraction of sp³-hybridized carbons (Fsp3) is 0. The normalized spacial score (nSPS) is 9.88. The molecule has 0 bridgehead atoms. The fourth-order valence-electron chi connectivity index (χ4n) is 1.32. The van der Waals surface area contributed by atoms with E-state index in [1.807, 2.05) is 42.5 Å². The number of benzene rings is 2. The topological polar surface area (TPSA) is 49.8 Å². The molecule has 0 atom stereocenters. The van der Waals surface area contributed by atoms with Gasteiger partial charge >= 0.3 is 0 Å². The van der Waals surface area contributed by atoms with Gasteiger partial charge in [-0.2, -0.15) is 5.26 Å². The molecule has 2 rings (SSSR count). The highest BCUT2D eigenvalue weighted by atomic mass is 79.9. The summed E-state index contributed by atoms with van der Waals surface area (Å²) in [5.41, 5.74) is 7.04. The summed E-state index contributed by atoms with van der Waals surface area (Å²) in [5, 5.41) is 8.78. The van der Waals surface area contributed by atoms with Gasteiger partial charge in [0.15, 0.2) is 0 Å². The smallest absolute Gasteiger partial charge is 0.0992 e. The molecule has 4 heteroatoms. The van der Waals surface area contributed by atoms with Gasteiger partial charge in [-0.25, -0.2) is 0 Å². The Morgan fingerprint density at radius 3 is 2.41 bits per heavy atom. The van der Waals surface area contributed by atoms with Crippen molar-refractivity contribution in [1.29, 1.82) is 5.26 Å². The van der Waals surface area contributed by atoms with Gasteiger partial charge in [0.2, 0.25) is 0 Å². The molecule has 0 saturated heterocycles. The lowest BCUT2D eigenvalue weighted by atomic mass is 10.2. The molecule has 0 saturated carbocycles. The zero-order chi connectivity index (χ0) is 12.3. The van der Waals surface area contributed by atoms with Crippen molar-refractivity contribution in [3.8, 4) is 6.07 Å². The van der Waals surface area contributed by atoms with E-state index in [9.17, 15) is 0 Å². The summed E-state index contributed by atoms with van der Waals surface area (Å²) >= 11 is 5.09. The van der Waals surface area contributed by atoms with Crippen molar-refractivity contribution in [2.75, 3.05) is 5.73 Å². The van der Waals surface area contributed by atoms with E-state index >= 15 is 0 Å². The van der Waals surface area contributed by atoms with Gasteiger partial charge in [-0.1, -0.05) is 11.8 Å². The first-order valence-corrected chi connectivity index (χ1v) is 6.53. The number of halogens is 1. The second-order valence-corrected chi connectivity index (χ2v) is 5.40. The lowest BCUT2D eigenvalue weighted by Gasteiger charge is -2.04. The van der Waals surface area contributed by atoms with E-state index in [0.29, 0.717) is 5.56 Å². The Hall–Kier alpha value is -1.44. The molecule has 2 aromatic rings. The molecule has 17 heavy (non-hydrogen) atoms. The average Bonchev–Trinajstić information content (AvgIpc) is 2.34. The minimum atomic E-state index is 0.651. The molecule has 0 fully saturated rings. The number of nitriles is 1. The maximum absolute atomic E-state index is 8.78. The largest absolute Gasteiger partial charge is 0.399 e. The highest BCUT2D eigenvalue weighted by molar-refractivity contribution is 9.10. The summed E-state index contributed by atoms with van der Waals surface area (Å²) in [7, 11) is 0. The van der Waals surface area contributed by atoms with Crippen molar-refractivity contribution in [3.63, 3.8) is 0 Å². The third kappa shape index (κ3) is 3.02. The van der Waals surface area contributed by atoms with E-state index < -0.39 is 0 Å². The molecule has 2 nitrogen and oxygen atoms in total. The zero-order valence-corrected chi connectivity index (χ0v) is 11.3. The van der Waals surface area contributed by atoms with Crippen LogP contribution in [0.4, 0.5) is 5.69 Å². The highest BCUT2D eigenvalue weighted by Crippen LogP contribution is 2.34. The first kappa shape index (κ1) is 12.0. The molecule has 2 aromatic carbocycles. The fourth-order valence-corrected chi connectivity index (χ4v) is 2.76. The SMILES string of the molecule is N#Cc1ccc(Sc2ccc(N)cc2)c(Br)c1. The molecule has 2 N–H and O–H groups in total. The third-order valence-electron chi connectivity index (χ3n) is 2.17. The second kappa shape index (κ2) is 5.26. The van der Waals surface area contributed by atoms with Gasteiger partial charge in [-0.05, 0) is 58.4 Å². The molecular weight excluding hydrogens is 296 g/mol. The van der Waals surface area contributed by atoms with E-state index in [2.05, 4.69) is 22.0 Å².